The number of amides is 2. The monoisotopic (exact) mass is 496 g/mol. The predicted molar refractivity (Wildman–Crippen MR) is 132 cm³/mol. The average molecular weight is 497 g/mol. The van der Waals surface area contributed by atoms with E-state index in [1.165, 1.54) is 19.4 Å². The number of piperidine rings is 1. The van der Waals surface area contributed by atoms with Gasteiger partial charge in [-0.2, -0.15) is 10.1 Å². The summed E-state index contributed by atoms with van der Waals surface area (Å²) < 4.78 is 7.22. The first kappa shape index (κ1) is 24.0. The second kappa shape index (κ2) is 10.4. The third-order valence-electron chi connectivity index (χ3n) is 5.68. The average Bonchev–Trinajstić information content (AvgIpc) is 3.33. The molecule has 2 amide bonds. The van der Waals surface area contributed by atoms with Gasteiger partial charge in [0.15, 0.2) is 0 Å². The van der Waals surface area contributed by atoms with E-state index in [1.54, 1.807) is 29.3 Å². The number of carbonyl (C=O) groups is 2. The number of ether oxygens (including phenoxy) is 1. The maximum absolute atomic E-state index is 12.0. The van der Waals surface area contributed by atoms with Gasteiger partial charge in [0.1, 0.15) is 22.8 Å². The van der Waals surface area contributed by atoms with Gasteiger partial charge in [-0.25, -0.2) is 4.98 Å². The Labute approximate surface area is 206 Å². The van der Waals surface area contributed by atoms with Crippen molar-refractivity contribution in [2.24, 2.45) is 5.73 Å². The minimum Gasteiger partial charge on any atom is -0.495 e. The predicted octanol–water partition coefficient (Wildman–Crippen LogP) is 3.27. The Hall–Kier alpha value is -4.12. The fourth-order valence-electron chi connectivity index (χ4n) is 3.84. The molecular formula is C23H25ClN8O3. The molecule has 12 heteroatoms. The number of hydrogen-bond donors (Lipinski definition) is 3. The van der Waals surface area contributed by atoms with Crippen LogP contribution in [0.15, 0.2) is 49.4 Å². The molecule has 0 atom stereocenters. The molecule has 2 aromatic heterocycles. The van der Waals surface area contributed by atoms with Gasteiger partial charge in [-0.3, -0.25) is 14.3 Å². The van der Waals surface area contributed by atoms with Gasteiger partial charge >= 0.3 is 0 Å². The van der Waals surface area contributed by atoms with Gasteiger partial charge in [0.25, 0.3) is 5.91 Å². The third-order valence-corrected chi connectivity index (χ3v) is 5.99. The zero-order chi connectivity index (χ0) is 24.9. The fraction of sp³-hybridized carbons (Fsp3) is 0.261. The molecule has 1 fully saturated rings. The molecule has 3 aromatic rings. The molecule has 0 bridgehead atoms. The number of aromatic nitrogens is 4. The van der Waals surface area contributed by atoms with Crippen LogP contribution in [-0.2, 0) is 4.79 Å². The van der Waals surface area contributed by atoms with E-state index in [0.29, 0.717) is 35.2 Å². The van der Waals surface area contributed by atoms with Crippen LogP contribution >= 0.6 is 11.6 Å². The highest BCUT2D eigenvalue weighted by Gasteiger charge is 2.23. The zero-order valence-electron chi connectivity index (χ0n) is 19.1. The summed E-state index contributed by atoms with van der Waals surface area (Å²) in [5, 5.41) is 11.0. The van der Waals surface area contributed by atoms with Crippen molar-refractivity contribution in [2.45, 2.75) is 18.9 Å². The molecule has 1 aromatic carbocycles. The lowest BCUT2D eigenvalue weighted by atomic mass is 10.1. The Morgan fingerprint density at radius 1 is 1.26 bits per heavy atom. The van der Waals surface area contributed by atoms with Crippen molar-refractivity contribution in [3.05, 3.63) is 60.0 Å². The van der Waals surface area contributed by atoms with Crippen molar-refractivity contribution < 1.29 is 14.3 Å². The van der Waals surface area contributed by atoms with E-state index in [0.717, 1.165) is 12.8 Å². The van der Waals surface area contributed by atoms with Crippen LogP contribution in [0.2, 0.25) is 5.02 Å². The molecule has 182 valence electrons. The minimum absolute atomic E-state index is 0.0540. The number of halogens is 1. The number of carbonyl (C=O) groups excluding carboxylic acids is 2. The van der Waals surface area contributed by atoms with Crippen LogP contribution < -0.4 is 21.1 Å². The van der Waals surface area contributed by atoms with Crippen LogP contribution in [0, 0.1) is 0 Å². The first-order valence-corrected chi connectivity index (χ1v) is 11.3. The molecule has 0 saturated carbocycles. The normalized spacial score (nSPS) is 13.8. The standard InChI is InChI=1S/C23H25ClN8O3/c1-3-19(33)31-9-7-15(8-10-31)32-13-14(11-27-32)28-23-26-12-16(21(25)34)22(30-23)29-20-17(24)5-4-6-18(20)35-2/h3-6,11-13,15H,1,7-10H2,2H3,(H2,25,34)(H2,26,28,29,30). The maximum atomic E-state index is 12.0. The molecule has 0 unspecified atom stereocenters. The number of hydrogen-bond acceptors (Lipinski definition) is 8. The van der Waals surface area contributed by atoms with Crippen molar-refractivity contribution in [1.82, 2.24) is 24.6 Å². The number of nitrogens with one attached hydrogen (secondary N) is 2. The van der Waals surface area contributed by atoms with E-state index in [9.17, 15) is 9.59 Å². The topological polar surface area (TPSA) is 140 Å². The van der Waals surface area contributed by atoms with E-state index in [-0.39, 0.29) is 29.3 Å². The number of nitrogens with zero attached hydrogens (tertiary/aromatic N) is 5. The summed E-state index contributed by atoms with van der Waals surface area (Å²) in [6.45, 7) is 4.84. The third kappa shape index (κ3) is 5.35. The molecule has 3 heterocycles. The molecular weight excluding hydrogens is 472 g/mol. The van der Waals surface area contributed by atoms with E-state index >= 15 is 0 Å². The molecule has 0 spiro atoms. The van der Waals surface area contributed by atoms with Gasteiger partial charge in [-0.05, 0) is 31.1 Å². The Morgan fingerprint density at radius 3 is 2.71 bits per heavy atom. The van der Waals surface area contributed by atoms with Crippen molar-refractivity contribution in [1.29, 1.82) is 0 Å². The SMILES string of the molecule is C=CC(=O)N1CCC(n2cc(Nc3ncc(C(N)=O)c(Nc4c(Cl)cccc4OC)n3)cn2)CC1. The number of primary amides is 1. The summed E-state index contributed by atoms with van der Waals surface area (Å²) in [6, 6.07) is 5.32. The number of benzene rings is 1. The van der Waals surface area contributed by atoms with Gasteiger partial charge in [-0.15, -0.1) is 0 Å². The number of nitrogens with two attached hydrogens (primary N) is 1. The van der Waals surface area contributed by atoms with Crippen LogP contribution in [0.3, 0.4) is 0 Å². The summed E-state index contributed by atoms with van der Waals surface area (Å²) in [5.41, 5.74) is 6.72. The van der Waals surface area contributed by atoms with Crippen LogP contribution in [-0.4, -0.2) is 56.7 Å². The summed E-state index contributed by atoms with van der Waals surface area (Å²) in [5.74, 6) is 0.131. The first-order chi connectivity index (χ1) is 16.9. The first-order valence-electron chi connectivity index (χ1n) is 10.9. The lowest BCUT2D eigenvalue weighted by Crippen LogP contribution is -2.38. The molecule has 0 aliphatic carbocycles. The summed E-state index contributed by atoms with van der Waals surface area (Å²) in [4.78, 5) is 34.2. The van der Waals surface area contributed by atoms with Gasteiger partial charge in [-0.1, -0.05) is 24.2 Å². The highest BCUT2D eigenvalue weighted by atomic mass is 35.5. The second-order valence-corrected chi connectivity index (χ2v) is 8.26. The van der Waals surface area contributed by atoms with Crippen molar-refractivity contribution in [3.8, 4) is 5.75 Å². The molecule has 1 aliphatic rings. The van der Waals surface area contributed by atoms with Crippen LogP contribution in [0.25, 0.3) is 0 Å². The lowest BCUT2D eigenvalue weighted by Gasteiger charge is -2.31. The van der Waals surface area contributed by atoms with Crippen LogP contribution in [0.5, 0.6) is 5.75 Å². The Kier molecular flexibility index (Phi) is 7.16. The molecule has 35 heavy (non-hydrogen) atoms. The quantitative estimate of drug-likeness (QED) is 0.403. The van der Waals surface area contributed by atoms with Gasteiger partial charge in [0, 0.05) is 25.5 Å². The van der Waals surface area contributed by atoms with Crippen LogP contribution in [0.1, 0.15) is 29.2 Å². The number of methoxy groups -OCH3 is 1. The zero-order valence-corrected chi connectivity index (χ0v) is 19.8. The van der Waals surface area contributed by atoms with Crippen molar-refractivity contribution >= 4 is 46.6 Å². The van der Waals surface area contributed by atoms with Gasteiger partial charge in [0.2, 0.25) is 11.9 Å². The molecule has 11 nitrogen and oxygen atoms in total. The maximum Gasteiger partial charge on any atom is 0.254 e. The van der Waals surface area contributed by atoms with E-state index in [1.807, 2.05) is 10.9 Å². The van der Waals surface area contributed by atoms with Crippen molar-refractivity contribution in [2.75, 3.05) is 30.8 Å². The second-order valence-electron chi connectivity index (χ2n) is 7.86. The highest BCUT2D eigenvalue weighted by Crippen LogP contribution is 2.35. The van der Waals surface area contributed by atoms with Crippen LogP contribution in [0.4, 0.5) is 23.1 Å². The summed E-state index contributed by atoms with van der Waals surface area (Å²) in [6.07, 6.45) is 7.77. The number of rotatable bonds is 8. The van der Waals surface area contributed by atoms with E-state index in [4.69, 9.17) is 22.1 Å². The van der Waals surface area contributed by atoms with E-state index < -0.39 is 5.91 Å². The molecule has 4 N–H and O–H groups in total. The smallest absolute Gasteiger partial charge is 0.254 e. The Morgan fingerprint density at radius 2 is 2.03 bits per heavy atom. The molecule has 1 saturated heterocycles. The fourth-order valence-corrected chi connectivity index (χ4v) is 4.06. The molecule has 1 aliphatic heterocycles. The number of likely N-dealkylation sites (tertiary alicyclic amines) is 1. The number of para-hydroxylation sites is 1. The number of anilines is 4. The van der Waals surface area contributed by atoms with Gasteiger partial charge < -0.3 is 26.0 Å². The largest absolute Gasteiger partial charge is 0.495 e. The Balaban J connectivity index is 1.51. The summed E-state index contributed by atoms with van der Waals surface area (Å²) in [7, 11) is 1.51. The minimum atomic E-state index is -0.695. The lowest BCUT2D eigenvalue weighted by molar-refractivity contribution is -0.127. The molecule has 4 rings (SSSR count). The van der Waals surface area contributed by atoms with Gasteiger partial charge in [0.05, 0.1) is 30.1 Å². The summed E-state index contributed by atoms with van der Waals surface area (Å²) >= 11 is 6.32. The van der Waals surface area contributed by atoms with E-state index in [2.05, 4.69) is 32.3 Å². The highest BCUT2D eigenvalue weighted by molar-refractivity contribution is 6.33. The van der Waals surface area contributed by atoms with Crippen molar-refractivity contribution in [3.63, 3.8) is 0 Å². The Bertz CT molecular complexity index is 1250. The molecule has 0 radical (unpaired) electrons.